The number of likely N-dealkylation sites (N-methyl/N-ethyl adjacent to an activating group) is 1. The number of carbonyl (C=O) groups is 1. The third-order valence-corrected chi connectivity index (χ3v) is 9.06. The molecule has 2 saturated heterocycles. The maximum absolute atomic E-state index is 12.3. The number of nitrogens with one attached hydrogen (secondary N) is 3. The third-order valence-electron chi connectivity index (χ3n) is 8.78. The van der Waals surface area contributed by atoms with E-state index < -0.39 is 0 Å². The average molecular weight is 617 g/mol. The van der Waals surface area contributed by atoms with Crippen LogP contribution in [0.15, 0.2) is 60.3 Å². The fourth-order valence-corrected chi connectivity index (χ4v) is 6.13. The number of aromatic nitrogens is 2. The lowest BCUT2D eigenvalue weighted by atomic mass is 9.92. The average Bonchev–Trinajstić information content (AvgIpc) is 3.01. The lowest BCUT2D eigenvalue weighted by Gasteiger charge is -2.42. The number of anilines is 6. The van der Waals surface area contributed by atoms with Gasteiger partial charge in [0.15, 0.2) is 5.82 Å². The van der Waals surface area contributed by atoms with E-state index in [1.165, 1.54) is 31.5 Å². The van der Waals surface area contributed by atoms with Crippen LogP contribution < -0.4 is 25.6 Å². The van der Waals surface area contributed by atoms with Crippen LogP contribution in [0.1, 0.15) is 32.1 Å². The van der Waals surface area contributed by atoms with Crippen molar-refractivity contribution in [2.45, 2.75) is 38.1 Å². The van der Waals surface area contributed by atoms with E-state index in [-0.39, 0.29) is 5.91 Å². The molecule has 0 spiro atoms. The number of nitrogens with zero attached hydrogens (tertiary/aromatic N) is 5. The summed E-state index contributed by atoms with van der Waals surface area (Å²) in [6, 6.07) is 14.3. The second-order valence-electron chi connectivity index (χ2n) is 11.8. The minimum atomic E-state index is -0.112. The SMILES string of the molecule is COc1cc(N2CCC(N3CCN(C)CC3)CC2)ccc1Nc1ncc(Cl)c(Nc2cccc(NC(=O)C=C3CCC3)c2)n1. The van der Waals surface area contributed by atoms with Gasteiger partial charge in [-0.3, -0.25) is 9.69 Å². The first-order valence-electron chi connectivity index (χ1n) is 15.5. The summed E-state index contributed by atoms with van der Waals surface area (Å²) in [6.07, 6.45) is 8.76. The van der Waals surface area contributed by atoms with Gasteiger partial charge in [0.2, 0.25) is 11.9 Å². The summed E-state index contributed by atoms with van der Waals surface area (Å²) in [6.45, 7) is 6.72. The second-order valence-corrected chi connectivity index (χ2v) is 12.2. The molecule has 0 radical (unpaired) electrons. The number of piperidine rings is 1. The molecule has 1 amide bonds. The zero-order valence-electron chi connectivity index (χ0n) is 25.5. The number of ether oxygens (including phenoxy) is 1. The molecular formula is C33H41ClN8O2. The van der Waals surface area contributed by atoms with Crippen LogP contribution in [-0.2, 0) is 4.79 Å². The predicted molar refractivity (Wildman–Crippen MR) is 178 cm³/mol. The standard InChI is InChI=1S/C33H41ClN8O2/c1-40-15-17-42(18-16-40)26-11-13-41(14-12-26)27-9-10-29(30(21-27)44-2)38-33-35-22-28(34)32(39-33)37-25-8-4-7-24(20-25)36-31(43)19-23-5-3-6-23/h4,7-10,19-22,26H,3,5-6,11-18H2,1-2H3,(H,36,43)(H2,35,37,38,39). The molecule has 6 rings (SSSR count). The van der Waals surface area contributed by atoms with Crippen molar-refractivity contribution in [1.82, 2.24) is 19.8 Å². The highest BCUT2D eigenvalue weighted by molar-refractivity contribution is 6.32. The molecule has 232 valence electrons. The minimum Gasteiger partial charge on any atom is -0.494 e. The first kappa shape index (κ1) is 30.2. The van der Waals surface area contributed by atoms with E-state index in [2.05, 4.69) is 59.8 Å². The van der Waals surface area contributed by atoms with E-state index in [1.54, 1.807) is 19.4 Å². The zero-order chi connectivity index (χ0) is 30.5. The topological polar surface area (TPSA) is 97.9 Å². The Balaban J connectivity index is 1.09. The van der Waals surface area contributed by atoms with E-state index in [0.29, 0.717) is 28.5 Å². The first-order chi connectivity index (χ1) is 21.4. The van der Waals surface area contributed by atoms with Crippen LogP contribution in [0.4, 0.5) is 34.5 Å². The Kier molecular flexibility index (Phi) is 9.49. The van der Waals surface area contributed by atoms with Gasteiger partial charge < -0.3 is 30.5 Å². The van der Waals surface area contributed by atoms with Crippen molar-refractivity contribution in [1.29, 1.82) is 0 Å². The molecule has 44 heavy (non-hydrogen) atoms. The van der Waals surface area contributed by atoms with Gasteiger partial charge in [-0.2, -0.15) is 4.98 Å². The molecule has 0 bridgehead atoms. The van der Waals surface area contributed by atoms with Gasteiger partial charge in [-0.25, -0.2) is 4.98 Å². The Morgan fingerprint density at radius 2 is 1.77 bits per heavy atom. The van der Waals surface area contributed by atoms with Gasteiger partial charge in [-0.1, -0.05) is 23.2 Å². The second kappa shape index (κ2) is 13.8. The number of allylic oxidation sites excluding steroid dienone is 1. The monoisotopic (exact) mass is 616 g/mol. The Labute approximate surface area is 264 Å². The number of hydrogen-bond acceptors (Lipinski definition) is 9. The molecule has 1 aliphatic carbocycles. The summed E-state index contributed by atoms with van der Waals surface area (Å²) in [7, 11) is 3.88. The fourth-order valence-electron chi connectivity index (χ4n) is 5.99. The van der Waals surface area contributed by atoms with E-state index in [9.17, 15) is 4.79 Å². The summed E-state index contributed by atoms with van der Waals surface area (Å²) in [5.41, 5.74) is 4.54. The molecular weight excluding hydrogens is 576 g/mol. The largest absolute Gasteiger partial charge is 0.494 e. The number of carbonyl (C=O) groups excluding carboxylic acids is 1. The molecule has 1 saturated carbocycles. The van der Waals surface area contributed by atoms with Gasteiger partial charge >= 0.3 is 0 Å². The summed E-state index contributed by atoms with van der Waals surface area (Å²) < 4.78 is 5.77. The van der Waals surface area contributed by atoms with E-state index in [0.717, 1.165) is 68.3 Å². The Hall–Kier alpha value is -3.86. The maximum Gasteiger partial charge on any atom is 0.248 e. The number of rotatable bonds is 9. The molecule has 10 nitrogen and oxygen atoms in total. The first-order valence-corrected chi connectivity index (χ1v) is 15.8. The van der Waals surface area contributed by atoms with Gasteiger partial charge in [0.1, 0.15) is 10.8 Å². The summed E-state index contributed by atoms with van der Waals surface area (Å²) in [4.78, 5) is 28.9. The van der Waals surface area contributed by atoms with Crippen LogP contribution in [0.3, 0.4) is 0 Å². The highest BCUT2D eigenvalue weighted by Gasteiger charge is 2.27. The van der Waals surface area contributed by atoms with E-state index in [1.807, 2.05) is 30.3 Å². The molecule has 3 N–H and O–H groups in total. The minimum absolute atomic E-state index is 0.112. The normalized spacial score (nSPS) is 18.0. The lowest BCUT2D eigenvalue weighted by molar-refractivity contribution is -0.112. The number of benzene rings is 2. The Bertz CT molecular complexity index is 1490. The molecule has 3 aliphatic rings. The molecule has 0 atom stereocenters. The molecule has 11 heteroatoms. The van der Waals surface area contributed by atoms with Crippen molar-refractivity contribution in [3.05, 3.63) is 65.3 Å². The van der Waals surface area contributed by atoms with Crippen molar-refractivity contribution in [3.8, 4) is 5.75 Å². The number of amides is 1. The molecule has 0 unspecified atom stereocenters. The number of piperazine rings is 1. The molecule has 3 aromatic rings. The number of hydrogen-bond donors (Lipinski definition) is 3. The molecule has 3 heterocycles. The van der Waals surface area contributed by atoms with Gasteiger partial charge in [-0.15, -0.1) is 0 Å². The van der Waals surface area contributed by atoms with Gasteiger partial charge in [0, 0.05) is 74.5 Å². The molecule has 3 fully saturated rings. The van der Waals surface area contributed by atoms with Crippen molar-refractivity contribution in [2.24, 2.45) is 0 Å². The Morgan fingerprint density at radius 1 is 1.00 bits per heavy atom. The smallest absolute Gasteiger partial charge is 0.248 e. The number of methoxy groups -OCH3 is 1. The van der Waals surface area contributed by atoms with Crippen LogP contribution >= 0.6 is 11.6 Å². The van der Waals surface area contributed by atoms with Crippen LogP contribution in [0.2, 0.25) is 5.02 Å². The highest BCUT2D eigenvalue weighted by atomic mass is 35.5. The summed E-state index contributed by atoms with van der Waals surface area (Å²) in [5.74, 6) is 1.44. The van der Waals surface area contributed by atoms with Crippen LogP contribution in [0.25, 0.3) is 0 Å². The van der Waals surface area contributed by atoms with Crippen molar-refractivity contribution in [3.63, 3.8) is 0 Å². The highest BCUT2D eigenvalue weighted by Crippen LogP contribution is 2.34. The number of halogens is 1. The van der Waals surface area contributed by atoms with E-state index >= 15 is 0 Å². The van der Waals surface area contributed by atoms with Gasteiger partial charge in [0.05, 0.1) is 19.0 Å². The zero-order valence-corrected chi connectivity index (χ0v) is 26.2. The molecule has 2 aliphatic heterocycles. The van der Waals surface area contributed by atoms with Gasteiger partial charge in [0.25, 0.3) is 0 Å². The quantitative estimate of drug-likeness (QED) is 0.254. The van der Waals surface area contributed by atoms with Crippen LogP contribution in [0.5, 0.6) is 5.75 Å². The van der Waals surface area contributed by atoms with E-state index in [4.69, 9.17) is 16.3 Å². The summed E-state index contributed by atoms with van der Waals surface area (Å²) in [5, 5.41) is 9.85. The maximum atomic E-state index is 12.3. The van der Waals surface area contributed by atoms with Crippen molar-refractivity contribution >= 4 is 52.0 Å². The molecule has 2 aromatic carbocycles. The predicted octanol–water partition coefficient (Wildman–Crippen LogP) is 5.89. The molecule has 1 aromatic heterocycles. The third kappa shape index (κ3) is 7.43. The fraction of sp³-hybridized carbons (Fsp3) is 0.424. The summed E-state index contributed by atoms with van der Waals surface area (Å²) >= 11 is 6.46. The lowest BCUT2D eigenvalue weighted by Crippen LogP contribution is -2.52. The van der Waals surface area contributed by atoms with Gasteiger partial charge in [-0.05, 0) is 69.5 Å². The Morgan fingerprint density at radius 3 is 2.50 bits per heavy atom. The van der Waals surface area contributed by atoms with Crippen molar-refractivity contribution < 1.29 is 9.53 Å². The van der Waals surface area contributed by atoms with Crippen LogP contribution in [-0.4, -0.2) is 85.1 Å². The van der Waals surface area contributed by atoms with Crippen LogP contribution in [0, 0.1) is 0 Å². The van der Waals surface area contributed by atoms with Crippen molar-refractivity contribution in [2.75, 3.05) is 74.3 Å².